The number of hydrogen-bond donors (Lipinski definition) is 1. The van der Waals surface area contributed by atoms with Crippen molar-refractivity contribution in [3.8, 4) is 0 Å². The Hall–Kier alpha value is -2.13. The quantitative estimate of drug-likeness (QED) is 0.539. The number of rotatable bonds is 6. The molecule has 2 aliphatic carbocycles. The number of nitrogens with one attached hydrogen (secondary N) is 1. The first-order chi connectivity index (χ1) is 15.4. The molecule has 1 amide bonds. The molecule has 33 heavy (non-hydrogen) atoms. The number of hydrogen-bond acceptors (Lipinski definition) is 5. The van der Waals surface area contributed by atoms with Crippen molar-refractivity contribution >= 4 is 37.8 Å². The first-order valence-corrected chi connectivity index (χ1v) is 13.5. The van der Waals surface area contributed by atoms with Gasteiger partial charge in [0, 0.05) is 16.4 Å². The van der Waals surface area contributed by atoms with Crippen LogP contribution in [0.5, 0.6) is 0 Å². The number of amides is 1. The van der Waals surface area contributed by atoms with Crippen LogP contribution in [0.2, 0.25) is 0 Å². The molecule has 2 fully saturated rings. The Labute approximate surface area is 197 Å². The SMILES string of the molecule is CC(C)(C)c1csc(NC(=O)/C(=C/C2C[C@@H](F)[C@@H](F)C2)c2ccc(S(=O)(=O)C3CC3)cc2)n1. The van der Waals surface area contributed by atoms with E-state index in [-0.39, 0.29) is 34.0 Å². The molecule has 2 aliphatic rings. The number of carbonyl (C=O) groups excluding carboxylic acids is 1. The molecule has 0 aliphatic heterocycles. The van der Waals surface area contributed by atoms with E-state index in [9.17, 15) is 22.0 Å². The standard InChI is InChI=1S/C24H28F2N2O3S2/c1-24(2,3)21-13-32-23(27-21)28-22(29)18(10-14-11-19(25)20(26)12-14)15-4-6-16(7-5-15)33(30,31)17-8-9-17/h4-7,10,13-14,17,19-20H,8-9,11-12H2,1-3H3,(H,27,28,29)/b18-10+/t14?,19-,20+. The Bertz CT molecular complexity index is 1150. The summed E-state index contributed by atoms with van der Waals surface area (Å²) in [6.45, 7) is 6.07. The topological polar surface area (TPSA) is 76.1 Å². The second-order valence-electron chi connectivity index (χ2n) is 9.85. The number of allylic oxidation sites excluding steroid dienone is 1. The summed E-state index contributed by atoms with van der Waals surface area (Å²) in [5, 5.41) is 4.78. The van der Waals surface area contributed by atoms with Crippen LogP contribution in [0, 0.1) is 5.92 Å². The molecule has 0 saturated heterocycles. The van der Waals surface area contributed by atoms with Gasteiger partial charge in [-0.1, -0.05) is 39.0 Å². The molecule has 1 unspecified atom stereocenters. The van der Waals surface area contributed by atoms with Crippen molar-refractivity contribution in [1.29, 1.82) is 0 Å². The normalized spacial score (nSPS) is 24.2. The number of carbonyl (C=O) groups is 1. The van der Waals surface area contributed by atoms with E-state index in [2.05, 4.69) is 10.3 Å². The monoisotopic (exact) mass is 494 g/mol. The average Bonchev–Trinajstić information content (AvgIpc) is 3.42. The number of thiazole rings is 1. The molecule has 1 aromatic heterocycles. The lowest BCUT2D eigenvalue weighted by Crippen LogP contribution is -2.16. The minimum absolute atomic E-state index is 0.0114. The largest absolute Gasteiger partial charge is 0.298 e. The van der Waals surface area contributed by atoms with Crippen molar-refractivity contribution in [1.82, 2.24) is 4.98 Å². The number of halogens is 2. The van der Waals surface area contributed by atoms with E-state index >= 15 is 0 Å². The molecule has 5 nitrogen and oxygen atoms in total. The van der Waals surface area contributed by atoms with Gasteiger partial charge >= 0.3 is 0 Å². The third kappa shape index (κ3) is 5.35. The summed E-state index contributed by atoms with van der Waals surface area (Å²) in [4.78, 5) is 17.9. The molecule has 178 valence electrons. The van der Waals surface area contributed by atoms with Crippen LogP contribution in [0.1, 0.15) is 57.7 Å². The van der Waals surface area contributed by atoms with Crippen LogP contribution >= 0.6 is 11.3 Å². The number of aromatic nitrogens is 1. The summed E-state index contributed by atoms with van der Waals surface area (Å²) in [5.41, 5.74) is 1.42. The highest BCUT2D eigenvalue weighted by Crippen LogP contribution is 2.36. The number of anilines is 1. The van der Waals surface area contributed by atoms with Crippen LogP contribution < -0.4 is 5.32 Å². The molecule has 1 heterocycles. The second-order valence-corrected chi connectivity index (χ2v) is 12.9. The molecule has 4 rings (SSSR count). The molecule has 1 aromatic carbocycles. The van der Waals surface area contributed by atoms with Crippen LogP contribution in [-0.2, 0) is 20.0 Å². The highest BCUT2D eigenvalue weighted by molar-refractivity contribution is 7.92. The third-order valence-corrected chi connectivity index (χ3v) is 9.08. The van der Waals surface area contributed by atoms with E-state index in [1.165, 1.54) is 23.5 Å². The molecule has 2 aromatic rings. The van der Waals surface area contributed by atoms with Gasteiger partial charge in [0.25, 0.3) is 5.91 Å². The van der Waals surface area contributed by atoms with Crippen LogP contribution in [0.4, 0.5) is 13.9 Å². The fourth-order valence-electron chi connectivity index (χ4n) is 3.88. The fourth-order valence-corrected chi connectivity index (χ4v) is 6.47. The molecule has 2 saturated carbocycles. The van der Waals surface area contributed by atoms with E-state index in [1.807, 2.05) is 26.2 Å². The Morgan fingerprint density at radius 1 is 1.12 bits per heavy atom. The number of nitrogens with zero attached hydrogens (tertiary/aromatic N) is 1. The van der Waals surface area contributed by atoms with E-state index < -0.39 is 34.0 Å². The maximum absolute atomic E-state index is 13.8. The van der Waals surface area contributed by atoms with Crippen LogP contribution in [0.15, 0.2) is 40.6 Å². The minimum Gasteiger partial charge on any atom is -0.298 e. The summed E-state index contributed by atoms with van der Waals surface area (Å²) < 4.78 is 52.5. The van der Waals surface area contributed by atoms with Crippen molar-refractivity contribution < 1.29 is 22.0 Å². The van der Waals surface area contributed by atoms with Gasteiger partial charge in [0.15, 0.2) is 15.0 Å². The van der Waals surface area contributed by atoms with Gasteiger partial charge in [0.05, 0.1) is 15.8 Å². The molecule has 0 spiro atoms. The van der Waals surface area contributed by atoms with Gasteiger partial charge in [-0.3, -0.25) is 10.1 Å². The minimum atomic E-state index is -3.35. The predicted molar refractivity (Wildman–Crippen MR) is 127 cm³/mol. The van der Waals surface area contributed by atoms with Crippen molar-refractivity contribution in [3.63, 3.8) is 0 Å². The van der Waals surface area contributed by atoms with Gasteiger partial charge in [-0.2, -0.15) is 0 Å². The number of sulfone groups is 1. The van der Waals surface area contributed by atoms with Crippen molar-refractivity contribution in [3.05, 3.63) is 47.0 Å². The molecule has 9 heteroatoms. The summed E-state index contributed by atoms with van der Waals surface area (Å²) in [5.74, 6) is -0.868. The fraction of sp³-hybridized carbons (Fsp3) is 0.500. The number of alkyl halides is 2. The van der Waals surface area contributed by atoms with Crippen LogP contribution in [-0.4, -0.2) is 36.9 Å². The van der Waals surface area contributed by atoms with Gasteiger partial charge in [0.2, 0.25) is 0 Å². The zero-order valence-electron chi connectivity index (χ0n) is 18.8. The Balaban J connectivity index is 1.62. The maximum Gasteiger partial charge on any atom is 0.257 e. The predicted octanol–water partition coefficient (Wildman–Crippen LogP) is 5.49. The van der Waals surface area contributed by atoms with Crippen molar-refractivity contribution in [2.75, 3.05) is 5.32 Å². The van der Waals surface area contributed by atoms with E-state index in [0.717, 1.165) is 5.69 Å². The van der Waals surface area contributed by atoms with E-state index in [1.54, 1.807) is 18.2 Å². The zero-order valence-corrected chi connectivity index (χ0v) is 20.5. The molecule has 3 atom stereocenters. The Morgan fingerprint density at radius 3 is 2.24 bits per heavy atom. The zero-order chi connectivity index (χ0) is 24.0. The summed E-state index contributed by atoms with van der Waals surface area (Å²) in [7, 11) is -3.35. The summed E-state index contributed by atoms with van der Waals surface area (Å²) >= 11 is 1.31. The first-order valence-electron chi connectivity index (χ1n) is 11.1. The van der Waals surface area contributed by atoms with E-state index in [4.69, 9.17) is 0 Å². The van der Waals surface area contributed by atoms with E-state index in [0.29, 0.717) is 23.5 Å². The molecular formula is C24H28F2N2O3S2. The van der Waals surface area contributed by atoms with Crippen molar-refractivity contribution in [2.45, 2.75) is 74.4 Å². The molecule has 0 bridgehead atoms. The molecule has 0 radical (unpaired) electrons. The first kappa shape index (κ1) is 24.0. The highest BCUT2D eigenvalue weighted by atomic mass is 32.2. The van der Waals surface area contributed by atoms with Gasteiger partial charge < -0.3 is 0 Å². The smallest absolute Gasteiger partial charge is 0.257 e. The highest BCUT2D eigenvalue weighted by Gasteiger charge is 2.37. The lowest BCUT2D eigenvalue weighted by molar-refractivity contribution is -0.111. The third-order valence-electron chi connectivity index (χ3n) is 6.05. The lowest BCUT2D eigenvalue weighted by atomic mass is 9.93. The molecular weight excluding hydrogens is 466 g/mol. The van der Waals surface area contributed by atoms with Gasteiger partial charge in [0.1, 0.15) is 12.3 Å². The van der Waals surface area contributed by atoms with Gasteiger partial charge in [-0.25, -0.2) is 22.2 Å². The van der Waals surface area contributed by atoms with Crippen LogP contribution in [0.3, 0.4) is 0 Å². The lowest BCUT2D eigenvalue weighted by Gasteiger charge is -2.14. The average molecular weight is 495 g/mol. The van der Waals surface area contributed by atoms with Crippen LogP contribution in [0.25, 0.3) is 5.57 Å². The summed E-state index contributed by atoms with van der Waals surface area (Å²) in [6, 6.07) is 6.15. The molecule has 1 N–H and O–H groups in total. The Morgan fingerprint density at radius 2 is 1.73 bits per heavy atom. The summed E-state index contributed by atoms with van der Waals surface area (Å²) in [6.07, 6.45) is -0.138. The maximum atomic E-state index is 13.8. The van der Waals surface area contributed by atoms with Crippen molar-refractivity contribution in [2.24, 2.45) is 5.92 Å². The van der Waals surface area contributed by atoms with Gasteiger partial charge in [-0.15, -0.1) is 11.3 Å². The van der Waals surface area contributed by atoms with Gasteiger partial charge in [-0.05, 0) is 49.3 Å². The Kier molecular flexibility index (Phi) is 6.48. The second kappa shape index (κ2) is 8.91. The number of benzene rings is 1.